The van der Waals surface area contributed by atoms with Crippen LogP contribution in [0, 0.1) is 0 Å². The Morgan fingerprint density at radius 2 is 2.35 bits per heavy atom. The minimum atomic E-state index is -1.53. The van der Waals surface area contributed by atoms with Crippen LogP contribution < -0.4 is 10.2 Å². The van der Waals surface area contributed by atoms with E-state index in [-0.39, 0.29) is 11.1 Å². The number of aromatic nitrogens is 2. The Hall–Kier alpha value is -2.83. The lowest BCUT2D eigenvalue weighted by Crippen LogP contribution is -2.16. The Labute approximate surface area is 112 Å². The molecule has 0 radical (unpaired) electrons. The summed E-state index contributed by atoms with van der Waals surface area (Å²) in [4.78, 5) is 27.2. The quantitative estimate of drug-likeness (QED) is 0.720. The predicted molar refractivity (Wildman–Crippen MR) is 70.1 cm³/mol. The molecule has 0 fully saturated rings. The zero-order valence-corrected chi connectivity index (χ0v) is 10.5. The molecular formula is C13H10N2O5. The molecule has 20 heavy (non-hydrogen) atoms. The van der Waals surface area contributed by atoms with Gasteiger partial charge < -0.3 is 18.8 Å². The van der Waals surface area contributed by atoms with E-state index in [1.54, 1.807) is 16.7 Å². The normalized spacial score (nSPS) is 11.1. The van der Waals surface area contributed by atoms with E-state index in [4.69, 9.17) is 9.52 Å². The molecule has 0 aliphatic heterocycles. The van der Waals surface area contributed by atoms with E-state index in [0.717, 1.165) is 0 Å². The van der Waals surface area contributed by atoms with Gasteiger partial charge >= 0.3 is 6.16 Å². The van der Waals surface area contributed by atoms with E-state index < -0.39 is 11.6 Å². The fraction of sp³-hybridized carbons (Fsp3) is 0.154. The summed E-state index contributed by atoms with van der Waals surface area (Å²) in [7, 11) is 0. The molecule has 102 valence electrons. The number of fused-ring (bicyclic) bond motifs is 2. The molecule has 0 saturated heterocycles. The van der Waals surface area contributed by atoms with Gasteiger partial charge in [-0.05, 0) is 13.0 Å². The SMILES string of the molecule is CCn1cc(OC(=O)O)c(=O)c2cc3occc3nc21. The van der Waals surface area contributed by atoms with E-state index in [9.17, 15) is 9.59 Å². The Kier molecular flexibility index (Phi) is 2.67. The Morgan fingerprint density at radius 3 is 3.05 bits per heavy atom. The monoisotopic (exact) mass is 274 g/mol. The van der Waals surface area contributed by atoms with Crippen molar-refractivity contribution in [3.63, 3.8) is 0 Å². The van der Waals surface area contributed by atoms with Crippen molar-refractivity contribution in [1.82, 2.24) is 9.55 Å². The summed E-state index contributed by atoms with van der Waals surface area (Å²) in [5.41, 5.74) is 1.03. The van der Waals surface area contributed by atoms with Gasteiger partial charge in [0.1, 0.15) is 11.2 Å². The lowest BCUT2D eigenvalue weighted by atomic mass is 10.2. The summed E-state index contributed by atoms with van der Waals surface area (Å²) in [6.07, 6.45) is 1.29. The van der Waals surface area contributed by atoms with Crippen LogP contribution in [0.1, 0.15) is 6.92 Å². The number of furan rings is 1. The first-order valence-electron chi connectivity index (χ1n) is 5.92. The first kappa shape index (κ1) is 12.2. The summed E-state index contributed by atoms with van der Waals surface area (Å²) < 4.78 is 11.4. The van der Waals surface area contributed by atoms with Gasteiger partial charge in [-0.3, -0.25) is 4.79 Å². The summed E-state index contributed by atoms with van der Waals surface area (Å²) in [5.74, 6) is -0.250. The van der Waals surface area contributed by atoms with E-state index in [0.29, 0.717) is 23.3 Å². The third-order valence-electron chi connectivity index (χ3n) is 2.97. The molecule has 0 aliphatic carbocycles. The van der Waals surface area contributed by atoms with Crippen molar-refractivity contribution in [2.45, 2.75) is 13.5 Å². The van der Waals surface area contributed by atoms with Crippen LogP contribution in [-0.4, -0.2) is 20.8 Å². The molecule has 7 heteroatoms. The second kappa shape index (κ2) is 4.37. The van der Waals surface area contributed by atoms with Crippen molar-refractivity contribution in [3.05, 3.63) is 34.8 Å². The molecule has 0 atom stereocenters. The molecule has 0 spiro atoms. The molecule has 0 aliphatic rings. The number of hydrogen-bond acceptors (Lipinski definition) is 5. The number of nitrogens with zero attached hydrogens (tertiary/aromatic N) is 2. The summed E-state index contributed by atoms with van der Waals surface area (Å²) >= 11 is 0. The Bertz CT molecular complexity index is 877. The van der Waals surface area contributed by atoms with Gasteiger partial charge in [0, 0.05) is 12.6 Å². The lowest BCUT2D eigenvalue weighted by molar-refractivity contribution is 0.144. The van der Waals surface area contributed by atoms with Crippen LogP contribution in [0.4, 0.5) is 4.79 Å². The van der Waals surface area contributed by atoms with Crippen LogP contribution in [0.2, 0.25) is 0 Å². The van der Waals surface area contributed by atoms with Gasteiger partial charge in [0.15, 0.2) is 11.3 Å². The van der Waals surface area contributed by atoms with Crippen molar-refractivity contribution >= 4 is 28.3 Å². The smallest absolute Gasteiger partial charge is 0.463 e. The van der Waals surface area contributed by atoms with E-state index in [1.807, 2.05) is 6.92 Å². The molecular weight excluding hydrogens is 264 g/mol. The third kappa shape index (κ3) is 1.80. The van der Waals surface area contributed by atoms with Gasteiger partial charge in [0.25, 0.3) is 0 Å². The third-order valence-corrected chi connectivity index (χ3v) is 2.97. The molecule has 3 aromatic rings. The van der Waals surface area contributed by atoms with Gasteiger partial charge in [-0.25, -0.2) is 9.78 Å². The summed E-state index contributed by atoms with van der Waals surface area (Å²) in [6.45, 7) is 2.37. The van der Waals surface area contributed by atoms with Crippen LogP contribution in [0.5, 0.6) is 5.75 Å². The van der Waals surface area contributed by atoms with Gasteiger partial charge in [0.2, 0.25) is 5.43 Å². The number of aryl methyl sites for hydroxylation is 1. The summed E-state index contributed by atoms with van der Waals surface area (Å²) in [6, 6.07) is 3.24. The zero-order valence-electron chi connectivity index (χ0n) is 10.5. The number of carbonyl (C=O) groups is 1. The van der Waals surface area contributed by atoms with Crippen LogP contribution in [-0.2, 0) is 6.54 Å². The zero-order chi connectivity index (χ0) is 14.3. The van der Waals surface area contributed by atoms with Crippen molar-refractivity contribution in [2.75, 3.05) is 0 Å². The van der Waals surface area contributed by atoms with E-state index in [2.05, 4.69) is 9.72 Å². The minimum absolute atomic E-state index is 0.250. The molecule has 3 aromatic heterocycles. The van der Waals surface area contributed by atoms with Crippen LogP contribution in [0.15, 0.2) is 33.8 Å². The first-order chi connectivity index (χ1) is 9.60. The maximum atomic E-state index is 12.2. The molecule has 0 saturated carbocycles. The maximum Gasteiger partial charge on any atom is 0.511 e. The molecule has 1 N–H and O–H groups in total. The number of carboxylic acid groups (broad SMARTS) is 1. The fourth-order valence-corrected chi connectivity index (χ4v) is 2.07. The average molecular weight is 274 g/mol. The average Bonchev–Trinajstić information content (AvgIpc) is 2.87. The Balaban J connectivity index is 2.40. The second-order valence-electron chi connectivity index (χ2n) is 4.14. The number of ether oxygens (including phenoxy) is 1. The Morgan fingerprint density at radius 1 is 1.55 bits per heavy atom. The molecule has 7 nitrogen and oxygen atoms in total. The van der Waals surface area contributed by atoms with Crippen molar-refractivity contribution in [2.24, 2.45) is 0 Å². The van der Waals surface area contributed by atoms with Gasteiger partial charge in [-0.1, -0.05) is 0 Å². The lowest BCUT2D eigenvalue weighted by Gasteiger charge is -2.09. The standard InChI is InChI=1S/C13H10N2O5/c1-2-15-6-10(20-13(17)18)11(16)7-5-9-8(3-4-19-9)14-12(7)15/h3-6H,2H2,1H3,(H,17,18). The topological polar surface area (TPSA) is 94.6 Å². The van der Waals surface area contributed by atoms with Crippen LogP contribution >= 0.6 is 0 Å². The van der Waals surface area contributed by atoms with Crippen molar-refractivity contribution in [1.29, 1.82) is 0 Å². The second-order valence-corrected chi connectivity index (χ2v) is 4.14. The van der Waals surface area contributed by atoms with Gasteiger partial charge in [-0.2, -0.15) is 0 Å². The molecule has 0 aromatic carbocycles. The van der Waals surface area contributed by atoms with Crippen LogP contribution in [0.25, 0.3) is 22.1 Å². The largest absolute Gasteiger partial charge is 0.511 e. The highest BCUT2D eigenvalue weighted by Gasteiger charge is 2.15. The molecule has 3 heterocycles. The summed E-state index contributed by atoms with van der Waals surface area (Å²) in [5, 5.41) is 8.92. The fourth-order valence-electron chi connectivity index (χ4n) is 2.07. The maximum absolute atomic E-state index is 12.2. The number of rotatable bonds is 2. The number of pyridine rings is 2. The highest BCUT2D eigenvalue weighted by atomic mass is 16.7. The molecule has 0 unspecified atom stereocenters. The molecule has 0 amide bonds. The van der Waals surface area contributed by atoms with Crippen molar-refractivity contribution < 1.29 is 19.1 Å². The highest BCUT2D eigenvalue weighted by Crippen LogP contribution is 2.20. The van der Waals surface area contributed by atoms with Gasteiger partial charge in [0.05, 0.1) is 17.8 Å². The van der Waals surface area contributed by atoms with E-state index >= 15 is 0 Å². The molecule has 3 rings (SSSR count). The van der Waals surface area contributed by atoms with Gasteiger partial charge in [-0.15, -0.1) is 0 Å². The first-order valence-corrected chi connectivity index (χ1v) is 5.92. The number of hydrogen-bond donors (Lipinski definition) is 1. The van der Waals surface area contributed by atoms with Crippen LogP contribution in [0.3, 0.4) is 0 Å². The van der Waals surface area contributed by atoms with Crippen molar-refractivity contribution in [3.8, 4) is 5.75 Å². The minimum Gasteiger partial charge on any atom is -0.463 e. The van der Waals surface area contributed by atoms with E-state index in [1.165, 1.54) is 12.5 Å². The highest BCUT2D eigenvalue weighted by molar-refractivity contribution is 5.88. The molecule has 0 bridgehead atoms. The predicted octanol–water partition coefficient (Wildman–Crippen LogP) is 2.22.